The Morgan fingerprint density at radius 1 is 1.20 bits per heavy atom. The van der Waals surface area contributed by atoms with Crippen LogP contribution in [0.4, 0.5) is 0 Å². The lowest BCUT2D eigenvalue weighted by Crippen LogP contribution is -2.27. The molecule has 0 spiro atoms. The lowest BCUT2D eigenvalue weighted by Gasteiger charge is -2.11. The zero-order chi connectivity index (χ0) is 11.1. The summed E-state index contributed by atoms with van der Waals surface area (Å²) in [6.07, 6.45) is 0. The lowest BCUT2D eigenvalue weighted by molar-refractivity contribution is 0.290. The van der Waals surface area contributed by atoms with Gasteiger partial charge in [0.25, 0.3) is 0 Å². The van der Waals surface area contributed by atoms with E-state index in [1.807, 2.05) is 6.07 Å². The first kappa shape index (κ1) is 11.6. The van der Waals surface area contributed by atoms with E-state index in [0.29, 0.717) is 24.7 Å². The molecule has 1 aromatic rings. The van der Waals surface area contributed by atoms with E-state index in [4.69, 9.17) is 20.1 Å². The fourth-order valence-electron chi connectivity index (χ4n) is 1.12. The van der Waals surface area contributed by atoms with Crippen LogP contribution in [0.15, 0.2) is 18.2 Å². The van der Waals surface area contributed by atoms with E-state index in [0.717, 1.165) is 5.75 Å². The molecule has 0 fully saturated rings. The molecule has 0 saturated heterocycles. The van der Waals surface area contributed by atoms with Crippen LogP contribution >= 0.6 is 0 Å². The summed E-state index contributed by atoms with van der Waals surface area (Å²) in [5.41, 5.74) is 2.51. The maximum atomic E-state index is 5.46. The Kier molecular flexibility index (Phi) is 4.73. The maximum absolute atomic E-state index is 5.46. The van der Waals surface area contributed by atoms with E-state index in [1.54, 1.807) is 26.4 Å². The van der Waals surface area contributed by atoms with Crippen LogP contribution in [0.25, 0.3) is 0 Å². The Hall–Kier alpha value is -1.46. The molecule has 5 nitrogen and oxygen atoms in total. The summed E-state index contributed by atoms with van der Waals surface area (Å²) in [7, 11) is 3.20. The Morgan fingerprint density at radius 3 is 2.60 bits per heavy atom. The SMILES string of the molecule is COc1ccc(OC)c(OCCNN)c1. The Morgan fingerprint density at radius 2 is 2.00 bits per heavy atom. The predicted octanol–water partition coefficient (Wildman–Crippen LogP) is 0.546. The number of rotatable bonds is 6. The zero-order valence-electron chi connectivity index (χ0n) is 8.95. The molecule has 1 aromatic carbocycles. The monoisotopic (exact) mass is 212 g/mol. The molecule has 0 heterocycles. The molecule has 0 bridgehead atoms. The van der Waals surface area contributed by atoms with Crippen LogP contribution in [0.2, 0.25) is 0 Å². The molecular weight excluding hydrogens is 196 g/mol. The summed E-state index contributed by atoms with van der Waals surface area (Å²) in [6.45, 7) is 1.04. The van der Waals surface area contributed by atoms with Gasteiger partial charge in [-0.15, -0.1) is 0 Å². The largest absolute Gasteiger partial charge is 0.497 e. The number of methoxy groups -OCH3 is 2. The van der Waals surface area contributed by atoms with Gasteiger partial charge < -0.3 is 14.2 Å². The van der Waals surface area contributed by atoms with Crippen molar-refractivity contribution in [2.24, 2.45) is 5.84 Å². The van der Waals surface area contributed by atoms with Crippen LogP contribution in [0.1, 0.15) is 0 Å². The molecule has 1 rings (SSSR count). The molecule has 5 heteroatoms. The van der Waals surface area contributed by atoms with E-state index in [2.05, 4.69) is 5.43 Å². The van der Waals surface area contributed by atoms with Crippen molar-refractivity contribution < 1.29 is 14.2 Å². The topological polar surface area (TPSA) is 65.7 Å². The summed E-state index contributed by atoms with van der Waals surface area (Å²) in [5.74, 6) is 7.18. The first-order valence-electron chi connectivity index (χ1n) is 4.60. The first-order valence-corrected chi connectivity index (χ1v) is 4.60. The third-order valence-corrected chi connectivity index (χ3v) is 1.87. The van der Waals surface area contributed by atoms with Crippen LogP contribution < -0.4 is 25.5 Å². The molecule has 0 atom stereocenters. The van der Waals surface area contributed by atoms with Gasteiger partial charge in [0.05, 0.1) is 14.2 Å². The van der Waals surface area contributed by atoms with E-state index >= 15 is 0 Å². The number of ether oxygens (including phenoxy) is 3. The van der Waals surface area contributed by atoms with E-state index < -0.39 is 0 Å². The van der Waals surface area contributed by atoms with Gasteiger partial charge in [0.1, 0.15) is 12.4 Å². The minimum absolute atomic E-state index is 0.472. The van der Waals surface area contributed by atoms with Crippen molar-refractivity contribution in [2.75, 3.05) is 27.4 Å². The number of nitrogens with one attached hydrogen (secondary N) is 1. The number of nitrogens with two attached hydrogens (primary N) is 1. The van der Waals surface area contributed by atoms with Crippen LogP contribution in [0.5, 0.6) is 17.2 Å². The Labute approximate surface area is 89.1 Å². The van der Waals surface area contributed by atoms with E-state index in [-0.39, 0.29) is 0 Å². The first-order chi connectivity index (χ1) is 7.31. The van der Waals surface area contributed by atoms with Gasteiger partial charge in [-0.05, 0) is 12.1 Å². The second-order valence-corrected chi connectivity index (χ2v) is 2.82. The molecular formula is C10H16N2O3. The van der Waals surface area contributed by atoms with Crippen molar-refractivity contribution in [1.29, 1.82) is 0 Å². The standard InChI is InChI=1S/C10H16N2O3/c1-13-8-3-4-9(14-2)10(7-8)15-6-5-12-11/h3-4,7,12H,5-6,11H2,1-2H3. The quantitative estimate of drug-likeness (QED) is 0.409. The van der Waals surface area contributed by atoms with Crippen molar-refractivity contribution in [3.63, 3.8) is 0 Å². The van der Waals surface area contributed by atoms with Crippen LogP contribution in [0, 0.1) is 0 Å². The summed E-state index contributed by atoms with van der Waals surface area (Å²) in [6, 6.07) is 5.38. The van der Waals surface area contributed by atoms with Gasteiger partial charge in [0.15, 0.2) is 11.5 Å². The van der Waals surface area contributed by atoms with Gasteiger partial charge in [-0.2, -0.15) is 0 Å². The smallest absolute Gasteiger partial charge is 0.164 e. The summed E-state index contributed by atoms with van der Waals surface area (Å²) >= 11 is 0. The van der Waals surface area contributed by atoms with Crippen molar-refractivity contribution in [3.8, 4) is 17.2 Å². The van der Waals surface area contributed by atoms with E-state index in [1.165, 1.54) is 0 Å². The third-order valence-electron chi connectivity index (χ3n) is 1.87. The van der Waals surface area contributed by atoms with Crippen molar-refractivity contribution >= 4 is 0 Å². The van der Waals surface area contributed by atoms with Crippen molar-refractivity contribution in [1.82, 2.24) is 5.43 Å². The maximum Gasteiger partial charge on any atom is 0.164 e. The molecule has 0 unspecified atom stereocenters. The molecule has 0 aromatic heterocycles. The summed E-state index contributed by atoms with van der Waals surface area (Å²) in [5, 5.41) is 0. The Balaban J connectivity index is 2.72. The molecule has 0 aliphatic heterocycles. The molecule has 84 valence electrons. The molecule has 0 aliphatic carbocycles. The highest BCUT2D eigenvalue weighted by molar-refractivity contribution is 5.45. The van der Waals surface area contributed by atoms with Gasteiger partial charge in [-0.1, -0.05) is 0 Å². The molecule has 15 heavy (non-hydrogen) atoms. The van der Waals surface area contributed by atoms with Gasteiger partial charge in [-0.3, -0.25) is 11.3 Å². The average molecular weight is 212 g/mol. The van der Waals surface area contributed by atoms with Gasteiger partial charge in [0, 0.05) is 12.6 Å². The molecule has 0 aliphatic rings. The summed E-state index contributed by atoms with van der Waals surface area (Å²) < 4.78 is 15.7. The predicted molar refractivity (Wildman–Crippen MR) is 57.2 cm³/mol. The number of hydrogen-bond donors (Lipinski definition) is 2. The van der Waals surface area contributed by atoms with Gasteiger partial charge >= 0.3 is 0 Å². The second-order valence-electron chi connectivity index (χ2n) is 2.82. The minimum atomic E-state index is 0.472. The molecule has 0 saturated carbocycles. The Bertz CT molecular complexity index is 305. The highest BCUT2D eigenvalue weighted by atomic mass is 16.5. The zero-order valence-corrected chi connectivity index (χ0v) is 8.95. The molecule has 0 amide bonds. The number of hydrogen-bond acceptors (Lipinski definition) is 5. The number of hydrazine groups is 1. The molecule has 0 radical (unpaired) electrons. The van der Waals surface area contributed by atoms with Gasteiger partial charge in [-0.25, -0.2) is 0 Å². The van der Waals surface area contributed by atoms with Crippen LogP contribution in [0.3, 0.4) is 0 Å². The third kappa shape index (κ3) is 3.30. The molecule has 3 N–H and O–H groups in total. The highest BCUT2D eigenvalue weighted by Gasteiger charge is 2.05. The highest BCUT2D eigenvalue weighted by Crippen LogP contribution is 2.30. The average Bonchev–Trinajstić information content (AvgIpc) is 2.29. The fraction of sp³-hybridized carbons (Fsp3) is 0.400. The van der Waals surface area contributed by atoms with Crippen LogP contribution in [-0.4, -0.2) is 27.4 Å². The minimum Gasteiger partial charge on any atom is -0.497 e. The van der Waals surface area contributed by atoms with Gasteiger partial charge in [0.2, 0.25) is 0 Å². The second kappa shape index (κ2) is 6.10. The van der Waals surface area contributed by atoms with Crippen LogP contribution in [-0.2, 0) is 0 Å². The normalized spacial score (nSPS) is 9.80. The van der Waals surface area contributed by atoms with Crippen molar-refractivity contribution in [3.05, 3.63) is 18.2 Å². The van der Waals surface area contributed by atoms with E-state index in [9.17, 15) is 0 Å². The lowest BCUT2D eigenvalue weighted by atomic mass is 10.3. The summed E-state index contributed by atoms with van der Waals surface area (Å²) in [4.78, 5) is 0. The number of benzene rings is 1. The fourth-order valence-corrected chi connectivity index (χ4v) is 1.12. The van der Waals surface area contributed by atoms with Crippen molar-refractivity contribution in [2.45, 2.75) is 0 Å².